The zero-order valence-electron chi connectivity index (χ0n) is 22.7. The first-order valence-corrected chi connectivity index (χ1v) is 11.9. The molecule has 4 amide bonds. The van der Waals surface area contributed by atoms with Gasteiger partial charge in [-0.15, -0.1) is 0 Å². The van der Waals surface area contributed by atoms with Crippen molar-refractivity contribution in [3.8, 4) is 11.5 Å². The van der Waals surface area contributed by atoms with Crippen molar-refractivity contribution >= 4 is 35.0 Å². The van der Waals surface area contributed by atoms with E-state index in [0.29, 0.717) is 30.4 Å². The quantitative estimate of drug-likeness (QED) is 0.148. The average Bonchev–Trinajstić information content (AvgIpc) is 3.49. The van der Waals surface area contributed by atoms with Gasteiger partial charge in [-0.3, -0.25) is 19.2 Å². The van der Waals surface area contributed by atoms with Gasteiger partial charge in [0, 0.05) is 36.4 Å². The Morgan fingerprint density at radius 2 is 0.857 bits per heavy atom. The van der Waals surface area contributed by atoms with Crippen molar-refractivity contribution in [1.29, 1.82) is 0 Å². The number of ether oxygens (including phenoxy) is 2. The molecule has 0 aromatic heterocycles. The zero-order valence-corrected chi connectivity index (χ0v) is 22.7. The second-order valence-corrected chi connectivity index (χ2v) is 9.32. The van der Waals surface area contributed by atoms with Gasteiger partial charge in [-0.05, 0) is 0 Å². The molecule has 8 nitrogen and oxygen atoms in total. The fourth-order valence-corrected chi connectivity index (χ4v) is 3.78. The molecule has 2 aliphatic rings. The summed E-state index contributed by atoms with van der Waals surface area (Å²) < 4.78 is 240. The van der Waals surface area contributed by atoms with Crippen LogP contribution in [0.25, 0.3) is 0 Å². The van der Waals surface area contributed by atoms with Crippen molar-refractivity contribution in [2.75, 3.05) is 16.9 Å². The number of rotatable bonds is 11. The Morgan fingerprint density at radius 1 is 0.531 bits per heavy atom. The molecule has 270 valence electrons. The average molecular weight is 744 g/mol. The van der Waals surface area contributed by atoms with Crippen LogP contribution in [0.3, 0.4) is 0 Å². The number of anilines is 2. The van der Waals surface area contributed by atoms with Crippen LogP contribution in [0, 0.1) is 0 Å². The van der Waals surface area contributed by atoms with E-state index < -0.39 is 100 Å². The van der Waals surface area contributed by atoms with Crippen LogP contribution >= 0.6 is 0 Å². The van der Waals surface area contributed by atoms with Crippen molar-refractivity contribution in [1.82, 2.24) is 0 Å². The summed E-state index contributed by atoms with van der Waals surface area (Å²) in [7, 11) is 0.778. The van der Waals surface area contributed by atoms with E-state index in [-0.39, 0.29) is 15.9 Å². The minimum atomic E-state index is -8.81. The van der Waals surface area contributed by atoms with Gasteiger partial charge in [0.2, 0.25) is 5.83 Å². The van der Waals surface area contributed by atoms with Gasteiger partial charge in [0.25, 0.3) is 23.6 Å². The maximum Gasteiger partial charge on any atom is 0.460 e. The van der Waals surface area contributed by atoms with E-state index >= 15 is 0 Å². The highest BCUT2D eigenvalue weighted by molar-refractivity contribution is 6.30. The van der Waals surface area contributed by atoms with Gasteiger partial charge in [-0.25, -0.2) is 9.80 Å². The summed E-state index contributed by atoms with van der Waals surface area (Å²) in [6.07, 6.45) is -5.83. The second-order valence-electron chi connectivity index (χ2n) is 9.32. The van der Waals surface area contributed by atoms with Crippen molar-refractivity contribution < 1.29 is 103 Å². The highest BCUT2D eigenvalue weighted by Gasteiger charge is 2.94. The molecule has 1 aromatic rings. The van der Waals surface area contributed by atoms with Crippen molar-refractivity contribution in [3.05, 3.63) is 48.3 Å². The maximum atomic E-state index is 14.7. The second kappa shape index (κ2) is 11.6. The Bertz CT molecular complexity index is 1660. The Morgan fingerprint density at radius 3 is 1.22 bits per heavy atom. The Hall–Kier alpha value is -4.87. The first kappa shape index (κ1) is 38.6. The summed E-state index contributed by atoms with van der Waals surface area (Å²) in [6.45, 7) is 0. The van der Waals surface area contributed by atoms with Crippen LogP contribution in [0.4, 0.5) is 86.0 Å². The van der Waals surface area contributed by atoms with Crippen LogP contribution in [-0.4, -0.2) is 72.4 Å². The molecular formula is C24H9F17N2O6. The molecule has 0 N–H and O–H groups in total. The topological polar surface area (TPSA) is 93.2 Å². The molecule has 0 saturated heterocycles. The van der Waals surface area contributed by atoms with Crippen LogP contribution in [0.1, 0.15) is 0 Å². The summed E-state index contributed by atoms with van der Waals surface area (Å²) in [4.78, 5) is 48.6. The molecule has 49 heavy (non-hydrogen) atoms. The Labute approximate surface area is 257 Å². The van der Waals surface area contributed by atoms with E-state index in [4.69, 9.17) is 4.74 Å². The lowest BCUT2D eigenvalue weighted by Crippen LogP contribution is -2.72. The van der Waals surface area contributed by atoms with Gasteiger partial charge in [-0.1, -0.05) is 0 Å². The molecule has 25 heteroatoms. The van der Waals surface area contributed by atoms with E-state index in [9.17, 15) is 93.8 Å². The zero-order chi connectivity index (χ0) is 38.1. The lowest BCUT2D eigenvalue weighted by molar-refractivity contribution is -0.451. The van der Waals surface area contributed by atoms with Gasteiger partial charge in [0.05, 0.1) is 18.5 Å². The SMILES string of the molecule is COc1cc(N2C(=O)C=CC2=O)c(OC(F)=C(F)C(F)(F)C(F)(F)C(F)(F)C(F)(F)C(F)(F)C(F)(F)C(F)(F)F)cc1N1C(=O)C=CC1=O. The van der Waals surface area contributed by atoms with Crippen LogP contribution < -0.4 is 19.3 Å². The van der Waals surface area contributed by atoms with Crippen LogP contribution in [-0.2, 0) is 19.2 Å². The lowest BCUT2D eigenvalue weighted by atomic mass is 9.91. The smallest absolute Gasteiger partial charge is 0.460 e. The third kappa shape index (κ3) is 5.50. The number of halogens is 17. The van der Waals surface area contributed by atoms with E-state index in [2.05, 4.69) is 4.74 Å². The van der Waals surface area contributed by atoms with Crippen LogP contribution in [0.5, 0.6) is 11.5 Å². The number of allylic oxidation sites excluding steroid dienone is 1. The molecule has 0 atom stereocenters. The van der Waals surface area contributed by atoms with Crippen molar-refractivity contribution in [2.45, 2.75) is 41.7 Å². The largest absolute Gasteiger partial charge is 0.494 e. The van der Waals surface area contributed by atoms with E-state index in [1.165, 1.54) is 0 Å². The molecule has 0 saturated carbocycles. The molecule has 2 aliphatic heterocycles. The summed E-state index contributed by atoms with van der Waals surface area (Å²) in [6, 6.07) is -3.47. The van der Waals surface area contributed by atoms with Gasteiger partial charge >= 0.3 is 47.7 Å². The van der Waals surface area contributed by atoms with Gasteiger partial charge in [-0.2, -0.15) is 74.6 Å². The molecule has 0 radical (unpaired) electrons. The number of imide groups is 2. The fraction of sp³-hybridized carbons (Fsp3) is 0.333. The fourth-order valence-electron chi connectivity index (χ4n) is 3.78. The first-order chi connectivity index (χ1) is 22.0. The predicted octanol–water partition coefficient (Wildman–Crippen LogP) is 6.42. The number of carbonyl (C=O) groups excluding carboxylic acids is 4. The summed E-state index contributed by atoms with van der Waals surface area (Å²) in [5.41, 5.74) is -2.20. The number of hydrogen-bond donors (Lipinski definition) is 0. The monoisotopic (exact) mass is 744 g/mol. The molecule has 2 heterocycles. The molecule has 1 aromatic carbocycles. The molecule has 0 unspecified atom stereocenters. The summed E-state index contributed by atoms with van der Waals surface area (Å²) in [5, 5.41) is 0. The molecule has 0 spiro atoms. The molecule has 0 fully saturated rings. The summed E-state index contributed by atoms with van der Waals surface area (Å²) >= 11 is 0. The van der Waals surface area contributed by atoms with Gasteiger partial charge in [0.15, 0.2) is 5.75 Å². The first-order valence-electron chi connectivity index (χ1n) is 11.9. The molecular weight excluding hydrogens is 735 g/mol. The third-order valence-corrected chi connectivity index (χ3v) is 6.34. The van der Waals surface area contributed by atoms with Crippen molar-refractivity contribution in [2.24, 2.45) is 0 Å². The van der Waals surface area contributed by atoms with Gasteiger partial charge in [0.1, 0.15) is 5.75 Å². The number of methoxy groups -OCH3 is 1. The maximum absolute atomic E-state index is 14.7. The van der Waals surface area contributed by atoms with Crippen LogP contribution in [0.15, 0.2) is 48.3 Å². The molecule has 0 aliphatic carbocycles. The van der Waals surface area contributed by atoms with E-state index in [1.54, 1.807) is 0 Å². The molecule has 3 rings (SSSR count). The normalized spacial score (nSPS) is 17.4. The molecule has 0 bridgehead atoms. The van der Waals surface area contributed by atoms with Crippen LogP contribution in [0.2, 0.25) is 0 Å². The van der Waals surface area contributed by atoms with Gasteiger partial charge < -0.3 is 9.47 Å². The Kier molecular flexibility index (Phi) is 9.16. The number of benzene rings is 1. The van der Waals surface area contributed by atoms with E-state index in [0.717, 1.165) is 7.11 Å². The standard InChI is InChI=1S/C24H9F17N2O6/c1-48-10-6-9(43-14(46)4-5-15(43)47)11(7-8(10)42-12(44)2-3-13(42)45)49-17(26)16(25)18(27,28)19(29,30)20(31,32)21(33,34)22(35,36)23(37,38)24(39,40)41/h2-7H,1H3. The number of nitrogens with zero attached hydrogens (tertiary/aromatic N) is 2. The number of alkyl halides is 15. The third-order valence-electron chi connectivity index (χ3n) is 6.34. The number of carbonyl (C=O) groups is 4. The minimum Gasteiger partial charge on any atom is -0.494 e. The highest BCUT2D eigenvalue weighted by Crippen LogP contribution is 2.63. The van der Waals surface area contributed by atoms with E-state index in [1.807, 2.05) is 0 Å². The lowest BCUT2D eigenvalue weighted by Gasteiger charge is -2.41. The predicted molar refractivity (Wildman–Crippen MR) is 122 cm³/mol. The summed E-state index contributed by atoms with van der Waals surface area (Å²) in [5.74, 6) is -63.6. The van der Waals surface area contributed by atoms with Crippen molar-refractivity contribution in [3.63, 3.8) is 0 Å². The minimum absolute atomic E-state index is 0.0848. The number of amides is 4. The number of hydrogen-bond acceptors (Lipinski definition) is 6. The highest BCUT2D eigenvalue weighted by atomic mass is 19.4. The Balaban J connectivity index is 2.21.